The summed E-state index contributed by atoms with van der Waals surface area (Å²) in [6.45, 7) is 0. The van der Waals surface area contributed by atoms with E-state index in [4.69, 9.17) is 34.8 Å². The number of halogens is 4. The van der Waals surface area contributed by atoms with Crippen molar-refractivity contribution in [3.63, 3.8) is 0 Å². The summed E-state index contributed by atoms with van der Waals surface area (Å²) in [6, 6.07) is 11.0. The Bertz CT molecular complexity index is 698. The van der Waals surface area contributed by atoms with Crippen LogP contribution in [0.25, 0.3) is 11.0 Å². The van der Waals surface area contributed by atoms with Gasteiger partial charge in [0.15, 0.2) is 0 Å². The molecule has 104 valence electrons. The van der Waals surface area contributed by atoms with E-state index in [0.29, 0.717) is 26.7 Å². The highest BCUT2D eigenvalue weighted by Crippen LogP contribution is 2.35. The maximum atomic E-state index is 6.11. The van der Waals surface area contributed by atoms with Crippen LogP contribution < -0.4 is 5.32 Å². The Balaban J connectivity index is 0.00000147. The fourth-order valence-corrected chi connectivity index (χ4v) is 2.70. The number of H-pyrrole nitrogens is 1. The summed E-state index contributed by atoms with van der Waals surface area (Å²) in [4.78, 5) is 7.54. The first-order valence-electron chi connectivity index (χ1n) is 5.50. The number of hydrogen-bond acceptors (Lipinski definition) is 2. The van der Waals surface area contributed by atoms with Gasteiger partial charge >= 0.3 is 0 Å². The second kappa shape index (κ2) is 6.10. The van der Waals surface area contributed by atoms with Gasteiger partial charge in [0.05, 0.1) is 26.8 Å². The van der Waals surface area contributed by atoms with Gasteiger partial charge in [0.2, 0.25) is 5.95 Å². The summed E-state index contributed by atoms with van der Waals surface area (Å²) < 4.78 is 0. The molecule has 0 aliphatic rings. The van der Waals surface area contributed by atoms with E-state index in [2.05, 4.69) is 15.3 Å². The molecule has 3 rings (SSSR count). The number of aromatic nitrogens is 2. The second-order valence-electron chi connectivity index (χ2n) is 3.97. The van der Waals surface area contributed by atoms with Crippen LogP contribution in [0.3, 0.4) is 0 Å². The van der Waals surface area contributed by atoms with Gasteiger partial charge in [-0.25, -0.2) is 4.98 Å². The van der Waals surface area contributed by atoms with Crippen molar-refractivity contribution >= 4 is 69.9 Å². The van der Waals surface area contributed by atoms with E-state index in [-0.39, 0.29) is 12.4 Å². The van der Waals surface area contributed by atoms with Crippen molar-refractivity contribution in [1.82, 2.24) is 9.97 Å². The van der Waals surface area contributed by atoms with Gasteiger partial charge in [0.1, 0.15) is 0 Å². The van der Waals surface area contributed by atoms with Gasteiger partial charge < -0.3 is 10.3 Å². The van der Waals surface area contributed by atoms with Crippen molar-refractivity contribution in [1.29, 1.82) is 0 Å². The van der Waals surface area contributed by atoms with Crippen LogP contribution in [0, 0.1) is 0 Å². The van der Waals surface area contributed by atoms with E-state index >= 15 is 0 Å². The number of hydrogen-bond donors (Lipinski definition) is 2. The lowest BCUT2D eigenvalue weighted by Crippen LogP contribution is -1.94. The first-order chi connectivity index (χ1) is 9.13. The zero-order valence-electron chi connectivity index (χ0n) is 9.95. The molecule has 20 heavy (non-hydrogen) atoms. The van der Waals surface area contributed by atoms with Crippen molar-refractivity contribution in [3.8, 4) is 0 Å². The quantitative estimate of drug-likeness (QED) is 0.624. The van der Waals surface area contributed by atoms with Crippen molar-refractivity contribution < 1.29 is 0 Å². The maximum Gasteiger partial charge on any atom is 0.205 e. The van der Waals surface area contributed by atoms with Crippen molar-refractivity contribution in [2.45, 2.75) is 0 Å². The lowest BCUT2D eigenvalue weighted by molar-refractivity contribution is 1.31. The molecule has 0 aliphatic heterocycles. The van der Waals surface area contributed by atoms with E-state index in [1.54, 1.807) is 12.1 Å². The van der Waals surface area contributed by atoms with Crippen LogP contribution in [0.4, 0.5) is 11.6 Å². The number of anilines is 2. The molecule has 3 nitrogen and oxygen atoms in total. The number of para-hydroxylation sites is 2. The molecular formula is C13H9Cl4N3. The molecule has 0 radical (unpaired) electrons. The van der Waals surface area contributed by atoms with E-state index in [1.165, 1.54) is 0 Å². The molecule has 1 heterocycles. The van der Waals surface area contributed by atoms with Crippen LogP contribution in [-0.4, -0.2) is 9.97 Å². The molecule has 0 aliphatic carbocycles. The minimum Gasteiger partial charge on any atom is -0.324 e. The van der Waals surface area contributed by atoms with Crippen LogP contribution in [0.1, 0.15) is 0 Å². The van der Waals surface area contributed by atoms with Crippen LogP contribution in [0.15, 0.2) is 36.4 Å². The van der Waals surface area contributed by atoms with Gasteiger partial charge in [-0.15, -0.1) is 12.4 Å². The van der Waals surface area contributed by atoms with Gasteiger partial charge in [-0.1, -0.05) is 46.9 Å². The molecule has 0 fully saturated rings. The lowest BCUT2D eigenvalue weighted by Gasteiger charge is -2.08. The standard InChI is InChI=1S/C13H8Cl3N3.ClH/c14-7-5-8(15)12(9(16)6-7)19-13-17-10-3-1-2-4-11(10)18-13;/h1-6H,(H2,17,18,19);1H. The van der Waals surface area contributed by atoms with Crippen molar-refractivity contribution in [2.75, 3.05) is 5.32 Å². The Hall–Kier alpha value is -1.13. The fraction of sp³-hybridized carbons (Fsp3) is 0. The van der Waals surface area contributed by atoms with Crippen LogP contribution in [-0.2, 0) is 0 Å². The molecule has 0 saturated carbocycles. The van der Waals surface area contributed by atoms with Gasteiger partial charge in [-0.2, -0.15) is 0 Å². The third-order valence-corrected chi connectivity index (χ3v) is 3.45. The molecule has 0 saturated heterocycles. The topological polar surface area (TPSA) is 40.7 Å². The predicted molar refractivity (Wildman–Crippen MR) is 88.1 cm³/mol. The average Bonchev–Trinajstić information content (AvgIpc) is 2.76. The summed E-state index contributed by atoms with van der Waals surface area (Å²) in [5.74, 6) is 0.576. The van der Waals surface area contributed by atoms with Gasteiger partial charge in [-0.05, 0) is 24.3 Å². The summed E-state index contributed by atoms with van der Waals surface area (Å²) >= 11 is 18.1. The first-order valence-corrected chi connectivity index (χ1v) is 6.63. The summed E-state index contributed by atoms with van der Waals surface area (Å²) in [7, 11) is 0. The molecule has 3 aromatic rings. The zero-order valence-corrected chi connectivity index (χ0v) is 13.0. The molecule has 2 N–H and O–H groups in total. The minimum absolute atomic E-state index is 0. The molecule has 0 bridgehead atoms. The number of fused-ring (bicyclic) bond motifs is 1. The number of rotatable bonds is 2. The Kier molecular flexibility index (Phi) is 4.66. The normalized spacial score (nSPS) is 10.3. The second-order valence-corrected chi connectivity index (χ2v) is 5.22. The Morgan fingerprint density at radius 3 is 2.30 bits per heavy atom. The first kappa shape index (κ1) is 15.3. The molecule has 1 aromatic heterocycles. The molecule has 0 spiro atoms. The highest BCUT2D eigenvalue weighted by Gasteiger charge is 2.10. The molecule has 0 amide bonds. The molecule has 7 heteroatoms. The highest BCUT2D eigenvalue weighted by molar-refractivity contribution is 6.41. The van der Waals surface area contributed by atoms with E-state index in [0.717, 1.165) is 11.0 Å². The third kappa shape index (κ3) is 2.96. The largest absolute Gasteiger partial charge is 0.324 e. The smallest absolute Gasteiger partial charge is 0.205 e. The predicted octanol–water partition coefficient (Wildman–Crippen LogP) is 5.69. The molecule has 0 atom stereocenters. The SMILES string of the molecule is Cl.Clc1cc(Cl)c(Nc2nc3ccccc3[nH]2)c(Cl)c1. The van der Waals surface area contributed by atoms with E-state index in [9.17, 15) is 0 Å². The summed E-state index contributed by atoms with van der Waals surface area (Å²) in [5, 5.41) is 4.44. The lowest BCUT2D eigenvalue weighted by atomic mass is 10.3. The van der Waals surface area contributed by atoms with Crippen LogP contribution in [0.2, 0.25) is 15.1 Å². The molecule has 2 aromatic carbocycles. The monoisotopic (exact) mass is 347 g/mol. The van der Waals surface area contributed by atoms with Gasteiger partial charge in [0, 0.05) is 5.02 Å². The number of benzene rings is 2. The van der Waals surface area contributed by atoms with Gasteiger partial charge in [0.25, 0.3) is 0 Å². The number of nitrogens with zero attached hydrogens (tertiary/aromatic N) is 1. The van der Waals surface area contributed by atoms with Crippen LogP contribution >= 0.6 is 47.2 Å². The van der Waals surface area contributed by atoms with Crippen LogP contribution in [0.5, 0.6) is 0 Å². The third-order valence-electron chi connectivity index (χ3n) is 2.64. The number of imidazole rings is 1. The van der Waals surface area contributed by atoms with Gasteiger partial charge in [-0.3, -0.25) is 0 Å². The Morgan fingerprint density at radius 2 is 1.65 bits per heavy atom. The number of nitrogens with one attached hydrogen (secondary N) is 2. The summed E-state index contributed by atoms with van der Waals surface area (Å²) in [5.41, 5.74) is 2.38. The summed E-state index contributed by atoms with van der Waals surface area (Å²) in [6.07, 6.45) is 0. The zero-order chi connectivity index (χ0) is 13.4. The maximum absolute atomic E-state index is 6.11. The molecular weight excluding hydrogens is 340 g/mol. The van der Waals surface area contributed by atoms with E-state index in [1.807, 2.05) is 24.3 Å². The molecule has 0 unspecified atom stereocenters. The van der Waals surface area contributed by atoms with E-state index < -0.39 is 0 Å². The van der Waals surface area contributed by atoms with Crippen molar-refractivity contribution in [2.24, 2.45) is 0 Å². The fourth-order valence-electron chi connectivity index (χ4n) is 1.79. The minimum atomic E-state index is 0. The highest BCUT2D eigenvalue weighted by atomic mass is 35.5. The Morgan fingerprint density at radius 1 is 1.00 bits per heavy atom. The Labute approximate surface area is 136 Å². The number of aromatic amines is 1. The average molecular weight is 349 g/mol. The van der Waals surface area contributed by atoms with Crippen molar-refractivity contribution in [3.05, 3.63) is 51.5 Å².